The topological polar surface area (TPSA) is 78.9 Å². The first kappa shape index (κ1) is 17.9. The molecule has 0 aliphatic rings. The van der Waals surface area contributed by atoms with Crippen molar-refractivity contribution in [3.05, 3.63) is 0 Å². The molecule has 1 atom stereocenters. The Hall–Kier alpha value is -1.14. The van der Waals surface area contributed by atoms with Crippen molar-refractivity contribution < 1.29 is 19.4 Å². The molecule has 112 valence electrons. The second-order valence-corrected chi connectivity index (χ2v) is 4.47. The maximum atomic E-state index is 11.7. The molecule has 2 N–H and O–H groups in total. The minimum atomic E-state index is -0.699. The van der Waals surface area contributed by atoms with Gasteiger partial charge in [-0.3, -0.25) is 9.69 Å². The van der Waals surface area contributed by atoms with Gasteiger partial charge in [0.2, 0.25) is 5.91 Å². The molecule has 19 heavy (non-hydrogen) atoms. The Labute approximate surface area is 115 Å². The molecule has 0 aromatic rings. The fourth-order valence-electron chi connectivity index (χ4n) is 2.16. The highest BCUT2D eigenvalue weighted by Crippen LogP contribution is 2.09. The highest BCUT2D eigenvalue weighted by Gasteiger charge is 2.25. The van der Waals surface area contributed by atoms with E-state index in [1.807, 2.05) is 4.90 Å². The monoisotopic (exact) mass is 274 g/mol. The number of carbonyl (C=O) groups excluding carboxylic acids is 2. The summed E-state index contributed by atoms with van der Waals surface area (Å²) >= 11 is 0. The molecule has 6 nitrogen and oxygen atoms in total. The van der Waals surface area contributed by atoms with Crippen molar-refractivity contribution in [3.8, 4) is 0 Å². The molecule has 6 heteroatoms. The Morgan fingerprint density at radius 3 is 2.26 bits per heavy atom. The number of aliphatic hydroxyl groups is 1. The minimum absolute atomic E-state index is 0.0183. The van der Waals surface area contributed by atoms with Crippen LogP contribution in [-0.2, 0) is 14.3 Å². The SMILES string of the molecule is CCC(CC)N(CCO)CC(NC(C)=O)C(=O)OC. The van der Waals surface area contributed by atoms with Gasteiger partial charge in [-0.2, -0.15) is 0 Å². The molecule has 0 aliphatic heterocycles. The van der Waals surface area contributed by atoms with Crippen LogP contribution in [0, 0.1) is 0 Å². The lowest BCUT2D eigenvalue weighted by Crippen LogP contribution is -2.51. The Balaban J connectivity index is 4.80. The molecule has 0 rings (SSSR count). The number of carbonyl (C=O) groups is 2. The van der Waals surface area contributed by atoms with E-state index in [1.54, 1.807) is 0 Å². The van der Waals surface area contributed by atoms with Gasteiger partial charge < -0.3 is 15.2 Å². The van der Waals surface area contributed by atoms with Crippen molar-refractivity contribution in [2.24, 2.45) is 0 Å². The number of nitrogens with zero attached hydrogens (tertiary/aromatic N) is 1. The second-order valence-electron chi connectivity index (χ2n) is 4.47. The minimum Gasteiger partial charge on any atom is -0.467 e. The number of rotatable bonds is 9. The third-order valence-electron chi connectivity index (χ3n) is 3.13. The van der Waals surface area contributed by atoms with Gasteiger partial charge in [0.15, 0.2) is 0 Å². The standard InChI is InChI=1S/C13H26N2O4/c1-5-11(6-2)15(7-8-16)9-12(13(18)19-4)14-10(3)17/h11-12,16H,5-9H2,1-4H3,(H,14,17). The summed E-state index contributed by atoms with van der Waals surface area (Å²) in [5.41, 5.74) is 0. The zero-order valence-corrected chi connectivity index (χ0v) is 12.3. The van der Waals surface area contributed by atoms with E-state index in [4.69, 9.17) is 9.84 Å². The maximum Gasteiger partial charge on any atom is 0.329 e. The highest BCUT2D eigenvalue weighted by molar-refractivity contribution is 5.83. The van der Waals surface area contributed by atoms with Crippen molar-refractivity contribution >= 4 is 11.9 Å². The lowest BCUT2D eigenvalue weighted by molar-refractivity contribution is -0.145. The third kappa shape index (κ3) is 6.54. The second kappa shape index (κ2) is 9.75. The van der Waals surface area contributed by atoms with Gasteiger partial charge in [0.05, 0.1) is 13.7 Å². The zero-order valence-electron chi connectivity index (χ0n) is 12.3. The van der Waals surface area contributed by atoms with Crippen LogP contribution in [0.15, 0.2) is 0 Å². The molecule has 0 aliphatic carbocycles. The summed E-state index contributed by atoms with van der Waals surface area (Å²) in [4.78, 5) is 24.8. The summed E-state index contributed by atoms with van der Waals surface area (Å²) in [5, 5.41) is 11.7. The van der Waals surface area contributed by atoms with Gasteiger partial charge in [0.1, 0.15) is 6.04 Å². The molecule has 0 aromatic heterocycles. The number of hydrogen-bond donors (Lipinski definition) is 2. The predicted octanol–water partition coefficient (Wildman–Crippen LogP) is 0.147. The summed E-state index contributed by atoms with van der Waals surface area (Å²) in [6.07, 6.45) is 1.84. The largest absolute Gasteiger partial charge is 0.467 e. The molecule has 0 aromatic carbocycles. The number of hydrogen-bond acceptors (Lipinski definition) is 5. The molecular weight excluding hydrogens is 248 g/mol. The lowest BCUT2D eigenvalue weighted by atomic mass is 10.1. The number of esters is 1. The molecule has 0 saturated carbocycles. The van der Waals surface area contributed by atoms with Crippen molar-refractivity contribution in [1.82, 2.24) is 10.2 Å². The number of ether oxygens (including phenoxy) is 1. The first-order valence-electron chi connectivity index (χ1n) is 6.69. The molecule has 0 spiro atoms. The van der Waals surface area contributed by atoms with E-state index in [9.17, 15) is 9.59 Å². The fraction of sp³-hybridized carbons (Fsp3) is 0.846. The average Bonchev–Trinajstić information content (AvgIpc) is 2.38. The van der Waals surface area contributed by atoms with Gasteiger partial charge in [-0.05, 0) is 12.8 Å². The van der Waals surface area contributed by atoms with E-state index in [0.717, 1.165) is 12.8 Å². The van der Waals surface area contributed by atoms with Crippen LogP contribution in [0.25, 0.3) is 0 Å². The van der Waals surface area contributed by atoms with E-state index >= 15 is 0 Å². The molecule has 0 fully saturated rings. The maximum absolute atomic E-state index is 11.7. The molecule has 0 saturated heterocycles. The van der Waals surface area contributed by atoms with E-state index in [1.165, 1.54) is 14.0 Å². The first-order chi connectivity index (χ1) is 8.99. The normalized spacial score (nSPS) is 12.6. The first-order valence-corrected chi connectivity index (χ1v) is 6.69. The van der Waals surface area contributed by atoms with Crippen molar-refractivity contribution in [3.63, 3.8) is 0 Å². The Bertz CT molecular complexity index is 280. The summed E-state index contributed by atoms with van der Waals surface area (Å²) in [7, 11) is 1.30. The van der Waals surface area contributed by atoms with Crippen molar-refractivity contribution in [2.45, 2.75) is 45.7 Å². The van der Waals surface area contributed by atoms with Crippen LogP contribution in [-0.4, -0.2) is 60.8 Å². The Morgan fingerprint density at radius 2 is 1.89 bits per heavy atom. The van der Waals surface area contributed by atoms with Gasteiger partial charge in [-0.15, -0.1) is 0 Å². The Morgan fingerprint density at radius 1 is 1.32 bits per heavy atom. The van der Waals surface area contributed by atoms with Crippen LogP contribution < -0.4 is 5.32 Å². The summed E-state index contributed by atoms with van der Waals surface area (Å²) < 4.78 is 4.70. The number of amides is 1. The van der Waals surface area contributed by atoms with Crippen LogP contribution in [0.5, 0.6) is 0 Å². The van der Waals surface area contributed by atoms with E-state index in [2.05, 4.69) is 19.2 Å². The van der Waals surface area contributed by atoms with Crippen LogP contribution in [0.1, 0.15) is 33.6 Å². The van der Waals surface area contributed by atoms with Crippen LogP contribution in [0.3, 0.4) is 0 Å². The molecular formula is C13H26N2O4. The van der Waals surface area contributed by atoms with Crippen molar-refractivity contribution in [1.29, 1.82) is 0 Å². The van der Waals surface area contributed by atoms with Crippen LogP contribution in [0.4, 0.5) is 0 Å². The fourth-order valence-corrected chi connectivity index (χ4v) is 2.16. The van der Waals surface area contributed by atoms with Crippen LogP contribution >= 0.6 is 0 Å². The van der Waals surface area contributed by atoms with Gasteiger partial charge in [0.25, 0.3) is 0 Å². The summed E-state index contributed by atoms with van der Waals surface area (Å²) in [5.74, 6) is -0.743. The van der Waals surface area contributed by atoms with Gasteiger partial charge >= 0.3 is 5.97 Å². The zero-order chi connectivity index (χ0) is 14.8. The van der Waals surface area contributed by atoms with E-state index < -0.39 is 12.0 Å². The predicted molar refractivity (Wildman–Crippen MR) is 72.6 cm³/mol. The summed E-state index contributed by atoms with van der Waals surface area (Å²) in [6, 6.07) is -0.428. The molecule has 0 bridgehead atoms. The molecule has 0 heterocycles. The van der Waals surface area contributed by atoms with Crippen molar-refractivity contribution in [2.75, 3.05) is 26.8 Å². The van der Waals surface area contributed by atoms with Gasteiger partial charge in [0, 0.05) is 26.1 Å². The van der Waals surface area contributed by atoms with Crippen LogP contribution in [0.2, 0.25) is 0 Å². The average molecular weight is 274 g/mol. The molecule has 1 unspecified atom stereocenters. The van der Waals surface area contributed by atoms with Gasteiger partial charge in [-0.25, -0.2) is 4.79 Å². The smallest absolute Gasteiger partial charge is 0.329 e. The third-order valence-corrected chi connectivity index (χ3v) is 3.13. The number of nitrogens with one attached hydrogen (secondary N) is 1. The summed E-state index contributed by atoms with van der Waals surface area (Å²) in [6.45, 7) is 6.32. The van der Waals surface area contributed by atoms with Gasteiger partial charge in [-0.1, -0.05) is 13.8 Å². The quantitative estimate of drug-likeness (QED) is 0.585. The molecule has 1 amide bonds. The van der Waals surface area contributed by atoms with E-state index in [0.29, 0.717) is 13.1 Å². The Kier molecular flexibility index (Phi) is 9.16. The number of aliphatic hydroxyl groups excluding tert-OH is 1. The molecule has 0 radical (unpaired) electrons. The van der Waals surface area contributed by atoms with E-state index in [-0.39, 0.29) is 18.6 Å². The highest BCUT2D eigenvalue weighted by atomic mass is 16.5. The number of methoxy groups -OCH3 is 1. The lowest BCUT2D eigenvalue weighted by Gasteiger charge is -2.32.